The van der Waals surface area contributed by atoms with Crippen LogP contribution in [-0.4, -0.2) is 54.2 Å². The predicted molar refractivity (Wildman–Crippen MR) is 119 cm³/mol. The van der Waals surface area contributed by atoms with Crippen molar-refractivity contribution in [2.75, 3.05) is 33.2 Å². The van der Waals surface area contributed by atoms with Crippen LogP contribution in [0.4, 0.5) is 0 Å². The fourth-order valence-electron chi connectivity index (χ4n) is 4.21. The molecule has 0 bridgehead atoms. The van der Waals surface area contributed by atoms with Crippen molar-refractivity contribution in [2.45, 2.75) is 57.4 Å². The van der Waals surface area contributed by atoms with Gasteiger partial charge in [0.25, 0.3) is 0 Å². The molecular formula is C23H35N3S. The summed E-state index contributed by atoms with van der Waals surface area (Å²) < 4.78 is 0. The van der Waals surface area contributed by atoms with E-state index in [9.17, 15) is 0 Å². The minimum atomic E-state index is 0.568. The molecule has 148 valence electrons. The molecule has 1 fully saturated rings. The lowest BCUT2D eigenvalue weighted by Crippen LogP contribution is -2.51. The van der Waals surface area contributed by atoms with Crippen LogP contribution in [0, 0.1) is 0 Å². The van der Waals surface area contributed by atoms with E-state index in [0.29, 0.717) is 6.04 Å². The summed E-state index contributed by atoms with van der Waals surface area (Å²) in [6.07, 6.45) is 12.3. The van der Waals surface area contributed by atoms with Gasteiger partial charge in [0, 0.05) is 19.1 Å². The highest BCUT2D eigenvalue weighted by atomic mass is 32.1. The van der Waals surface area contributed by atoms with E-state index in [2.05, 4.69) is 58.6 Å². The first-order valence-electron chi connectivity index (χ1n) is 10.7. The minimum Gasteiger partial charge on any atom is -0.362 e. The Hall–Kier alpha value is -1.39. The van der Waals surface area contributed by atoms with E-state index in [4.69, 9.17) is 12.2 Å². The van der Waals surface area contributed by atoms with Crippen LogP contribution in [0.1, 0.15) is 50.5 Å². The highest BCUT2D eigenvalue weighted by molar-refractivity contribution is 7.80. The molecule has 1 heterocycles. The largest absolute Gasteiger partial charge is 0.362 e. The van der Waals surface area contributed by atoms with Gasteiger partial charge in [-0.1, -0.05) is 42.0 Å². The number of hydrogen-bond donors (Lipinski definition) is 1. The summed E-state index contributed by atoms with van der Waals surface area (Å²) in [5.41, 5.74) is 3.01. The van der Waals surface area contributed by atoms with Gasteiger partial charge >= 0.3 is 0 Å². The molecule has 0 amide bonds. The second-order valence-corrected chi connectivity index (χ2v) is 8.44. The molecule has 1 saturated heterocycles. The zero-order valence-electron chi connectivity index (χ0n) is 16.8. The smallest absolute Gasteiger partial charge is 0.169 e. The summed E-state index contributed by atoms with van der Waals surface area (Å²) in [6.45, 7) is 4.32. The van der Waals surface area contributed by atoms with E-state index >= 15 is 0 Å². The van der Waals surface area contributed by atoms with Crippen molar-refractivity contribution >= 4 is 17.3 Å². The highest BCUT2D eigenvalue weighted by Gasteiger charge is 2.24. The molecule has 0 aromatic heterocycles. The normalized spacial score (nSPS) is 18.8. The second kappa shape index (κ2) is 10.8. The number of nitrogens with zero attached hydrogens (tertiary/aromatic N) is 2. The quantitative estimate of drug-likeness (QED) is 0.554. The fraction of sp³-hybridized carbons (Fsp3) is 0.609. The third kappa shape index (κ3) is 6.62. The van der Waals surface area contributed by atoms with E-state index in [-0.39, 0.29) is 0 Å². The van der Waals surface area contributed by atoms with Gasteiger partial charge in [-0.2, -0.15) is 0 Å². The molecule has 3 nitrogen and oxygen atoms in total. The molecule has 4 heteroatoms. The predicted octanol–water partition coefficient (Wildman–Crippen LogP) is 4.39. The maximum Gasteiger partial charge on any atom is 0.169 e. The lowest BCUT2D eigenvalue weighted by Gasteiger charge is -2.39. The van der Waals surface area contributed by atoms with Crippen molar-refractivity contribution in [3.63, 3.8) is 0 Å². The summed E-state index contributed by atoms with van der Waals surface area (Å²) in [6, 6.07) is 11.4. The molecule has 27 heavy (non-hydrogen) atoms. The average molecular weight is 386 g/mol. The molecule has 1 aromatic carbocycles. The third-order valence-electron chi connectivity index (χ3n) is 5.98. The van der Waals surface area contributed by atoms with Gasteiger partial charge in [0.1, 0.15) is 0 Å². The monoisotopic (exact) mass is 385 g/mol. The van der Waals surface area contributed by atoms with E-state index in [0.717, 1.165) is 31.0 Å². The average Bonchev–Trinajstić information content (AvgIpc) is 2.71. The number of rotatable bonds is 7. The summed E-state index contributed by atoms with van der Waals surface area (Å²) in [5, 5.41) is 4.53. The Bertz CT molecular complexity index is 605. The van der Waals surface area contributed by atoms with Crippen molar-refractivity contribution in [3.8, 4) is 0 Å². The van der Waals surface area contributed by atoms with Gasteiger partial charge in [0.15, 0.2) is 5.11 Å². The first kappa shape index (κ1) is 20.3. The molecule has 0 atom stereocenters. The summed E-state index contributed by atoms with van der Waals surface area (Å²) in [7, 11) is 2.22. The Morgan fingerprint density at radius 2 is 1.93 bits per heavy atom. The Kier molecular flexibility index (Phi) is 8.15. The topological polar surface area (TPSA) is 18.5 Å². The van der Waals surface area contributed by atoms with Crippen LogP contribution in [0.5, 0.6) is 0 Å². The molecule has 0 saturated carbocycles. The van der Waals surface area contributed by atoms with Gasteiger partial charge in [-0.15, -0.1) is 0 Å². The zero-order valence-corrected chi connectivity index (χ0v) is 17.6. The minimum absolute atomic E-state index is 0.568. The van der Waals surface area contributed by atoms with Crippen molar-refractivity contribution in [1.82, 2.24) is 15.1 Å². The van der Waals surface area contributed by atoms with Crippen LogP contribution in [-0.2, 0) is 6.42 Å². The molecule has 0 spiro atoms. The van der Waals surface area contributed by atoms with E-state index in [1.165, 1.54) is 57.2 Å². The van der Waals surface area contributed by atoms with Gasteiger partial charge < -0.3 is 15.1 Å². The van der Waals surface area contributed by atoms with Gasteiger partial charge in [-0.3, -0.25) is 0 Å². The van der Waals surface area contributed by atoms with Gasteiger partial charge in [0.2, 0.25) is 0 Å². The molecule has 1 aromatic rings. The maximum absolute atomic E-state index is 5.85. The summed E-state index contributed by atoms with van der Waals surface area (Å²) in [4.78, 5) is 4.91. The summed E-state index contributed by atoms with van der Waals surface area (Å²) >= 11 is 5.85. The maximum atomic E-state index is 5.85. The number of allylic oxidation sites excluding steroid dienone is 1. The number of piperidine rings is 1. The van der Waals surface area contributed by atoms with Gasteiger partial charge in [-0.25, -0.2) is 0 Å². The molecule has 1 aliphatic heterocycles. The Balaban J connectivity index is 1.54. The first-order chi connectivity index (χ1) is 13.2. The first-order valence-corrected chi connectivity index (χ1v) is 11.1. The SMILES string of the molecule is CN1CCC(N(CCc2ccccc2)C(=S)NCCC2=CCCCC2)CC1. The molecular weight excluding hydrogens is 350 g/mol. The van der Waals surface area contributed by atoms with Crippen LogP contribution in [0.15, 0.2) is 42.0 Å². The third-order valence-corrected chi connectivity index (χ3v) is 6.36. The number of likely N-dealkylation sites (tertiary alicyclic amines) is 1. The molecule has 0 unspecified atom stereocenters. The van der Waals surface area contributed by atoms with Crippen molar-refractivity contribution in [1.29, 1.82) is 0 Å². The van der Waals surface area contributed by atoms with Crippen molar-refractivity contribution in [2.24, 2.45) is 0 Å². The standard InChI is InChI=1S/C23H35N3S/c1-25-17-14-22(15-18-25)26(19-13-21-10-6-3-7-11-21)23(27)24-16-12-20-8-4-2-5-9-20/h3,6-8,10-11,22H,2,4-5,9,12-19H2,1H3,(H,24,27). The molecule has 1 N–H and O–H groups in total. The highest BCUT2D eigenvalue weighted by Crippen LogP contribution is 2.20. The lowest BCUT2D eigenvalue weighted by atomic mass is 9.97. The molecule has 3 rings (SSSR count). The number of thiocarbonyl (C=S) groups is 1. The lowest BCUT2D eigenvalue weighted by molar-refractivity contribution is 0.175. The molecule has 2 aliphatic rings. The Morgan fingerprint density at radius 3 is 2.63 bits per heavy atom. The van der Waals surface area contributed by atoms with Crippen molar-refractivity contribution in [3.05, 3.63) is 47.5 Å². The van der Waals surface area contributed by atoms with Crippen LogP contribution < -0.4 is 5.32 Å². The number of nitrogens with one attached hydrogen (secondary N) is 1. The number of benzene rings is 1. The van der Waals surface area contributed by atoms with E-state index in [1.54, 1.807) is 5.57 Å². The summed E-state index contributed by atoms with van der Waals surface area (Å²) in [5.74, 6) is 0. The fourth-order valence-corrected chi connectivity index (χ4v) is 4.56. The van der Waals surface area contributed by atoms with Gasteiger partial charge in [0.05, 0.1) is 0 Å². The molecule has 0 radical (unpaired) electrons. The van der Waals surface area contributed by atoms with Crippen LogP contribution in [0.2, 0.25) is 0 Å². The van der Waals surface area contributed by atoms with E-state index < -0.39 is 0 Å². The van der Waals surface area contributed by atoms with E-state index in [1.807, 2.05) is 0 Å². The van der Waals surface area contributed by atoms with Crippen LogP contribution >= 0.6 is 12.2 Å². The molecule has 1 aliphatic carbocycles. The van der Waals surface area contributed by atoms with Gasteiger partial charge in [-0.05, 0) is 89.3 Å². The zero-order chi connectivity index (χ0) is 18.9. The van der Waals surface area contributed by atoms with Crippen molar-refractivity contribution < 1.29 is 0 Å². The Morgan fingerprint density at radius 1 is 1.15 bits per heavy atom. The second-order valence-electron chi connectivity index (χ2n) is 8.05. The van der Waals surface area contributed by atoms with Crippen LogP contribution in [0.3, 0.4) is 0 Å². The number of hydrogen-bond acceptors (Lipinski definition) is 2. The van der Waals surface area contributed by atoms with Crippen LogP contribution in [0.25, 0.3) is 0 Å². The Labute approximate surface area is 170 Å².